The van der Waals surface area contributed by atoms with Crippen molar-refractivity contribution in [3.63, 3.8) is 0 Å². The minimum atomic E-state index is 0.359. The maximum atomic E-state index is 5.63. The van der Waals surface area contributed by atoms with E-state index in [-0.39, 0.29) is 0 Å². The minimum absolute atomic E-state index is 0.359. The Hall–Kier alpha value is -1.33. The van der Waals surface area contributed by atoms with Crippen LogP contribution in [0, 0.1) is 0 Å². The number of rotatable bonds is 4. The summed E-state index contributed by atoms with van der Waals surface area (Å²) in [6.45, 7) is 0.894. The van der Waals surface area contributed by atoms with Crippen molar-refractivity contribution in [1.82, 2.24) is 9.97 Å². The Kier molecular flexibility index (Phi) is 3.84. The minimum Gasteiger partial charge on any atom is -0.377 e. The second-order valence-electron chi connectivity index (χ2n) is 4.57. The van der Waals surface area contributed by atoms with Crippen molar-refractivity contribution in [2.24, 2.45) is 0 Å². The molecule has 3 rings (SSSR count). The van der Waals surface area contributed by atoms with E-state index >= 15 is 0 Å². The Morgan fingerprint density at radius 2 is 2.26 bits per heavy atom. The maximum Gasteiger partial charge on any atom is 0.190 e. The van der Waals surface area contributed by atoms with E-state index < -0.39 is 0 Å². The van der Waals surface area contributed by atoms with Gasteiger partial charge in [-0.3, -0.25) is 0 Å². The number of hydrogen-bond acceptors (Lipinski definition) is 5. The molecule has 0 amide bonds. The van der Waals surface area contributed by atoms with Gasteiger partial charge in [-0.15, -0.1) is 0 Å². The Morgan fingerprint density at radius 1 is 1.37 bits per heavy atom. The molecule has 19 heavy (non-hydrogen) atoms. The Labute approximate surface area is 117 Å². The average molecular weight is 275 g/mol. The standard InChI is InChI=1S/C14H17N3OS/c1-15-13-11-6-2-3-7-12(11)16-14(17-13)19-9-10-5-4-8-18-10/h2-3,6-7,10H,4-5,8-9H2,1H3,(H,15,16,17). The lowest BCUT2D eigenvalue weighted by Crippen LogP contribution is -2.08. The SMILES string of the molecule is CNc1nc(SCC2CCCO2)nc2ccccc12. The van der Waals surface area contributed by atoms with Gasteiger partial charge < -0.3 is 10.1 Å². The zero-order valence-corrected chi connectivity index (χ0v) is 11.7. The summed E-state index contributed by atoms with van der Waals surface area (Å²) >= 11 is 1.67. The van der Waals surface area contributed by atoms with Crippen LogP contribution in [0.2, 0.25) is 0 Å². The fourth-order valence-electron chi connectivity index (χ4n) is 2.25. The molecular formula is C14H17N3OS. The van der Waals surface area contributed by atoms with Crippen molar-refractivity contribution >= 4 is 28.5 Å². The topological polar surface area (TPSA) is 47.0 Å². The number of aromatic nitrogens is 2. The highest BCUT2D eigenvalue weighted by atomic mass is 32.2. The van der Waals surface area contributed by atoms with Crippen molar-refractivity contribution in [3.05, 3.63) is 24.3 Å². The summed E-state index contributed by atoms with van der Waals surface area (Å²) in [6, 6.07) is 8.07. The van der Waals surface area contributed by atoms with Crippen molar-refractivity contribution in [1.29, 1.82) is 0 Å². The Bertz CT molecular complexity index is 570. The molecule has 2 aromatic rings. The lowest BCUT2D eigenvalue weighted by molar-refractivity contribution is 0.129. The van der Waals surface area contributed by atoms with Crippen LogP contribution in [0.1, 0.15) is 12.8 Å². The van der Waals surface area contributed by atoms with Crippen LogP contribution in [-0.2, 0) is 4.74 Å². The van der Waals surface area contributed by atoms with E-state index in [1.807, 2.05) is 31.3 Å². The molecule has 1 N–H and O–H groups in total. The fourth-order valence-corrected chi connectivity index (χ4v) is 3.17. The van der Waals surface area contributed by atoms with Crippen LogP contribution in [-0.4, -0.2) is 35.5 Å². The fraction of sp³-hybridized carbons (Fsp3) is 0.429. The second kappa shape index (κ2) is 5.75. The van der Waals surface area contributed by atoms with Gasteiger partial charge in [-0.1, -0.05) is 23.9 Å². The van der Waals surface area contributed by atoms with Crippen LogP contribution >= 0.6 is 11.8 Å². The van der Waals surface area contributed by atoms with Crippen LogP contribution in [0.25, 0.3) is 10.9 Å². The summed E-state index contributed by atoms with van der Waals surface area (Å²) in [7, 11) is 1.89. The van der Waals surface area contributed by atoms with Gasteiger partial charge in [0.05, 0.1) is 11.6 Å². The van der Waals surface area contributed by atoms with Crippen molar-refractivity contribution in [2.75, 3.05) is 24.7 Å². The smallest absolute Gasteiger partial charge is 0.190 e. The second-order valence-corrected chi connectivity index (χ2v) is 5.56. The molecule has 4 nitrogen and oxygen atoms in total. The highest BCUT2D eigenvalue weighted by Crippen LogP contribution is 2.26. The van der Waals surface area contributed by atoms with E-state index in [0.29, 0.717) is 6.10 Å². The molecule has 0 saturated carbocycles. The Morgan fingerprint density at radius 3 is 3.05 bits per heavy atom. The number of nitrogens with one attached hydrogen (secondary N) is 1. The highest BCUT2D eigenvalue weighted by molar-refractivity contribution is 7.99. The molecule has 0 spiro atoms. The molecule has 1 aliphatic rings. The maximum absolute atomic E-state index is 5.63. The predicted octanol–water partition coefficient (Wildman–Crippen LogP) is 2.94. The van der Waals surface area contributed by atoms with Gasteiger partial charge in [0.15, 0.2) is 5.16 Å². The van der Waals surface area contributed by atoms with Gasteiger partial charge in [-0.05, 0) is 25.0 Å². The van der Waals surface area contributed by atoms with Gasteiger partial charge in [-0.25, -0.2) is 9.97 Å². The first-order valence-corrected chi connectivity index (χ1v) is 7.54. The molecule has 1 aromatic carbocycles. The largest absolute Gasteiger partial charge is 0.377 e. The number of hydrogen-bond donors (Lipinski definition) is 1. The van der Waals surface area contributed by atoms with Crippen LogP contribution in [0.4, 0.5) is 5.82 Å². The van der Waals surface area contributed by atoms with E-state index in [2.05, 4.69) is 15.3 Å². The van der Waals surface area contributed by atoms with Gasteiger partial charge in [0.2, 0.25) is 0 Å². The van der Waals surface area contributed by atoms with Crippen molar-refractivity contribution in [2.45, 2.75) is 24.1 Å². The van der Waals surface area contributed by atoms with Gasteiger partial charge in [-0.2, -0.15) is 0 Å². The molecule has 0 radical (unpaired) electrons. The highest BCUT2D eigenvalue weighted by Gasteiger charge is 2.16. The molecule has 1 atom stereocenters. The molecule has 1 fully saturated rings. The number of thioether (sulfide) groups is 1. The summed E-state index contributed by atoms with van der Waals surface area (Å²) in [5.74, 6) is 1.82. The summed E-state index contributed by atoms with van der Waals surface area (Å²) in [5.41, 5.74) is 0.983. The van der Waals surface area contributed by atoms with Crippen molar-refractivity contribution < 1.29 is 4.74 Å². The zero-order valence-electron chi connectivity index (χ0n) is 10.9. The quantitative estimate of drug-likeness (QED) is 0.686. The monoisotopic (exact) mass is 275 g/mol. The first-order valence-electron chi connectivity index (χ1n) is 6.56. The molecule has 1 aliphatic heterocycles. The summed E-state index contributed by atoms with van der Waals surface area (Å²) < 4.78 is 5.63. The number of anilines is 1. The van der Waals surface area contributed by atoms with E-state index in [4.69, 9.17) is 4.74 Å². The third kappa shape index (κ3) is 2.82. The molecule has 5 heteroatoms. The molecule has 0 bridgehead atoms. The van der Waals surface area contributed by atoms with E-state index in [1.54, 1.807) is 11.8 Å². The lowest BCUT2D eigenvalue weighted by Gasteiger charge is -2.10. The first kappa shape index (κ1) is 12.7. The van der Waals surface area contributed by atoms with Crippen LogP contribution in [0.3, 0.4) is 0 Å². The number of benzene rings is 1. The number of fused-ring (bicyclic) bond motifs is 1. The summed E-state index contributed by atoms with van der Waals surface area (Å²) in [5, 5.41) is 5.02. The molecule has 0 aliphatic carbocycles. The molecule has 1 saturated heterocycles. The average Bonchev–Trinajstić information content (AvgIpc) is 2.97. The van der Waals surface area contributed by atoms with E-state index in [9.17, 15) is 0 Å². The van der Waals surface area contributed by atoms with Gasteiger partial charge in [0.1, 0.15) is 5.82 Å². The molecule has 1 aromatic heterocycles. The van der Waals surface area contributed by atoms with Crippen molar-refractivity contribution in [3.8, 4) is 0 Å². The van der Waals surface area contributed by atoms with Gasteiger partial charge >= 0.3 is 0 Å². The van der Waals surface area contributed by atoms with E-state index in [1.165, 1.54) is 6.42 Å². The third-order valence-electron chi connectivity index (χ3n) is 3.24. The molecular weight excluding hydrogens is 258 g/mol. The molecule has 2 heterocycles. The Balaban J connectivity index is 1.82. The number of nitrogens with zero attached hydrogens (tertiary/aromatic N) is 2. The molecule has 1 unspecified atom stereocenters. The normalized spacial score (nSPS) is 18.9. The summed E-state index contributed by atoms with van der Waals surface area (Å²) in [4.78, 5) is 9.17. The first-order chi connectivity index (χ1) is 9.36. The summed E-state index contributed by atoms with van der Waals surface area (Å²) in [6.07, 6.45) is 2.68. The predicted molar refractivity (Wildman–Crippen MR) is 78.8 cm³/mol. The van der Waals surface area contributed by atoms with Crippen LogP contribution in [0.15, 0.2) is 29.4 Å². The number of para-hydroxylation sites is 1. The van der Waals surface area contributed by atoms with E-state index in [0.717, 1.165) is 40.7 Å². The lowest BCUT2D eigenvalue weighted by atomic mass is 10.2. The van der Waals surface area contributed by atoms with Gasteiger partial charge in [0, 0.05) is 24.8 Å². The van der Waals surface area contributed by atoms with Gasteiger partial charge in [0.25, 0.3) is 0 Å². The van der Waals surface area contributed by atoms with Crippen LogP contribution < -0.4 is 5.32 Å². The van der Waals surface area contributed by atoms with Crippen LogP contribution in [0.5, 0.6) is 0 Å². The third-order valence-corrected chi connectivity index (χ3v) is 4.22. The zero-order chi connectivity index (χ0) is 13.1. The number of ether oxygens (including phenoxy) is 1. The molecule has 100 valence electrons.